The highest BCUT2D eigenvalue weighted by Gasteiger charge is 2.15. The van der Waals surface area contributed by atoms with Gasteiger partial charge in [-0.2, -0.15) is 0 Å². The van der Waals surface area contributed by atoms with Crippen molar-refractivity contribution in [3.63, 3.8) is 0 Å². The third-order valence-electron chi connectivity index (χ3n) is 3.62. The second-order valence-corrected chi connectivity index (χ2v) is 7.51. The maximum atomic E-state index is 13.2. The molecule has 0 saturated heterocycles. The maximum Gasteiger partial charge on any atom is 0.257 e. The SMILES string of the molecule is CCCc1sc(NC(=O)c2ccc(Br)cc2)nc1-c1ccc(F)cc1. The van der Waals surface area contributed by atoms with Crippen LogP contribution in [0.5, 0.6) is 0 Å². The summed E-state index contributed by atoms with van der Waals surface area (Å²) in [6.07, 6.45) is 1.83. The van der Waals surface area contributed by atoms with Gasteiger partial charge in [-0.05, 0) is 55.0 Å². The zero-order valence-corrected chi connectivity index (χ0v) is 16.0. The third-order valence-corrected chi connectivity index (χ3v) is 5.18. The summed E-state index contributed by atoms with van der Waals surface area (Å²) in [6.45, 7) is 2.09. The lowest BCUT2D eigenvalue weighted by Gasteiger charge is -2.01. The number of aromatic nitrogens is 1. The van der Waals surface area contributed by atoms with Crippen molar-refractivity contribution in [2.24, 2.45) is 0 Å². The van der Waals surface area contributed by atoms with Crippen LogP contribution >= 0.6 is 27.3 Å². The van der Waals surface area contributed by atoms with Crippen molar-refractivity contribution in [2.45, 2.75) is 19.8 Å². The van der Waals surface area contributed by atoms with E-state index in [1.807, 2.05) is 12.1 Å². The summed E-state index contributed by atoms with van der Waals surface area (Å²) in [6, 6.07) is 13.4. The van der Waals surface area contributed by atoms with Gasteiger partial charge in [-0.25, -0.2) is 9.37 Å². The van der Waals surface area contributed by atoms with Crippen LogP contribution in [0.15, 0.2) is 53.0 Å². The molecule has 25 heavy (non-hydrogen) atoms. The Morgan fingerprint density at radius 1 is 1.16 bits per heavy atom. The van der Waals surface area contributed by atoms with E-state index < -0.39 is 0 Å². The largest absolute Gasteiger partial charge is 0.298 e. The van der Waals surface area contributed by atoms with E-state index in [0.29, 0.717) is 10.7 Å². The van der Waals surface area contributed by atoms with E-state index in [2.05, 4.69) is 33.2 Å². The van der Waals surface area contributed by atoms with E-state index >= 15 is 0 Å². The normalized spacial score (nSPS) is 10.7. The Kier molecular flexibility index (Phi) is 5.60. The highest BCUT2D eigenvalue weighted by Crippen LogP contribution is 2.32. The highest BCUT2D eigenvalue weighted by atomic mass is 79.9. The summed E-state index contributed by atoms with van der Waals surface area (Å²) in [4.78, 5) is 18.0. The number of thiazole rings is 1. The molecule has 0 fully saturated rings. The van der Waals surface area contributed by atoms with Crippen molar-refractivity contribution in [3.8, 4) is 11.3 Å². The standard InChI is InChI=1S/C19H16BrFN2OS/c1-2-3-16-17(12-6-10-15(21)11-7-12)22-19(25-16)23-18(24)13-4-8-14(20)9-5-13/h4-11H,2-3H2,1H3,(H,22,23,24). The van der Waals surface area contributed by atoms with Gasteiger partial charge in [-0.15, -0.1) is 11.3 Å². The summed E-state index contributed by atoms with van der Waals surface area (Å²) in [5.41, 5.74) is 2.22. The number of rotatable bonds is 5. The Balaban J connectivity index is 1.87. The van der Waals surface area contributed by atoms with Crippen LogP contribution in [0, 0.1) is 5.82 Å². The van der Waals surface area contributed by atoms with Gasteiger partial charge in [-0.3, -0.25) is 10.1 Å². The monoisotopic (exact) mass is 418 g/mol. The van der Waals surface area contributed by atoms with Crippen LogP contribution < -0.4 is 5.32 Å². The molecule has 3 nitrogen and oxygen atoms in total. The minimum Gasteiger partial charge on any atom is -0.298 e. The summed E-state index contributed by atoms with van der Waals surface area (Å²) >= 11 is 4.82. The van der Waals surface area contributed by atoms with Crippen LogP contribution in [0.25, 0.3) is 11.3 Å². The van der Waals surface area contributed by atoms with Crippen molar-refractivity contribution in [3.05, 3.63) is 69.3 Å². The van der Waals surface area contributed by atoms with Crippen LogP contribution in [-0.2, 0) is 6.42 Å². The number of anilines is 1. The zero-order valence-electron chi connectivity index (χ0n) is 13.6. The van der Waals surface area contributed by atoms with Crippen LogP contribution in [0.4, 0.5) is 9.52 Å². The van der Waals surface area contributed by atoms with Gasteiger partial charge in [0.25, 0.3) is 5.91 Å². The lowest BCUT2D eigenvalue weighted by atomic mass is 10.1. The van der Waals surface area contributed by atoms with E-state index in [4.69, 9.17) is 0 Å². The predicted molar refractivity (Wildman–Crippen MR) is 104 cm³/mol. The Bertz CT molecular complexity index is 875. The molecule has 0 atom stereocenters. The van der Waals surface area contributed by atoms with Crippen LogP contribution in [0.2, 0.25) is 0 Å². The van der Waals surface area contributed by atoms with E-state index in [9.17, 15) is 9.18 Å². The molecule has 0 aliphatic heterocycles. The molecular formula is C19H16BrFN2OS. The lowest BCUT2D eigenvalue weighted by molar-refractivity contribution is 0.102. The summed E-state index contributed by atoms with van der Waals surface area (Å²) in [5.74, 6) is -0.477. The average Bonchev–Trinajstić information content (AvgIpc) is 2.99. The molecule has 3 rings (SSSR count). The molecule has 0 spiro atoms. The van der Waals surface area contributed by atoms with Gasteiger partial charge < -0.3 is 0 Å². The molecule has 6 heteroatoms. The first kappa shape index (κ1) is 17.8. The van der Waals surface area contributed by atoms with E-state index in [1.165, 1.54) is 23.5 Å². The molecule has 0 bridgehead atoms. The second-order valence-electron chi connectivity index (χ2n) is 5.51. The maximum absolute atomic E-state index is 13.2. The lowest BCUT2D eigenvalue weighted by Crippen LogP contribution is -2.11. The molecule has 0 aliphatic carbocycles. The quantitative estimate of drug-likeness (QED) is 0.558. The smallest absolute Gasteiger partial charge is 0.257 e. The van der Waals surface area contributed by atoms with Gasteiger partial charge in [-0.1, -0.05) is 29.3 Å². The minimum absolute atomic E-state index is 0.199. The summed E-state index contributed by atoms with van der Waals surface area (Å²) in [7, 11) is 0. The zero-order chi connectivity index (χ0) is 17.8. The van der Waals surface area contributed by atoms with Crippen molar-refractivity contribution >= 4 is 38.3 Å². The van der Waals surface area contributed by atoms with Crippen LogP contribution in [0.3, 0.4) is 0 Å². The first-order valence-electron chi connectivity index (χ1n) is 7.89. The molecule has 0 unspecified atom stereocenters. The van der Waals surface area contributed by atoms with Gasteiger partial charge in [0.15, 0.2) is 5.13 Å². The number of nitrogens with one attached hydrogen (secondary N) is 1. The minimum atomic E-state index is -0.278. The number of carbonyl (C=O) groups excluding carboxylic acids is 1. The van der Waals surface area contributed by atoms with Gasteiger partial charge in [0.05, 0.1) is 5.69 Å². The molecule has 1 heterocycles. The molecule has 1 N–H and O–H groups in total. The third kappa shape index (κ3) is 4.32. The number of aryl methyl sites for hydroxylation is 1. The second kappa shape index (κ2) is 7.89. The van der Waals surface area contributed by atoms with Crippen LogP contribution in [-0.4, -0.2) is 10.9 Å². The number of hydrogen-bond donors (Lipinski definition) is 1. The number of benzene rings is 2. The summed E-state index contributed by atoms with van der Waals surface area (Å²) < 4.78 is 14.1. The molecule has 1 amide bonds. The number of hydrogen-bond acceptors (Lipinski definition) is 3. The molecule has 3 aromatic rings. The van der Waals surface area contributed by atoms with Gasteiger partial charge in [0.2, 0.25) is 0 Å². The Hall–Kier alpha value is -2.05. The van der Waals surface area contributed by atoms with Crippen LogP contribution in [0.1, 0.15) is 28.6 Å². The number of amides is 1. The number of halogens is 2. The fraction of sp³-hybridized carbons (Fsp3) is 0.158. The van der Waals surface area contributed by atoms with Crippen molar-refractivity contribution in [2.75, 3.05) is 5.32 Å². The van der Waals surface area contributed by atoms with Crippen molar-refractivity contribution in [1.82, 2.24) is 4.98 Å². The Morgan fingerprint density at radius 3 is 2.48 bits per heavy atom. The Morgan fingerprint density at radius 2 is 1.84 bits per heavy atom. The van der Waals surface area contributed by atoms with Gasteiger partial charge in [0, 0.05) is 20.5 Å². The van der Waals surface area contributed by atoms with Gasteiger partial charge in [0.1, 0.15) is 5.82 Å². The van der Waals surface area contributed by atoms with Crippen molar-refractivity contribution < 1.29 is 9.18 Å². The molecule has 1 aromatic heterocycles. The van der Waals surface area contributed by atoms with Gasteiger partial charge >= 0.3 is 0 Å². The molecule has 128 valence electrons. The highest BCUT2D eigenvalue weighted by molar-refractivity contribution is 9.10. The fourth-order valence-corrected chi connectivity index (χ4v) is 3.75. The topological polar surface area (TPSA) is 42.0 Å². The van der Waals surface area contributed by atoms with Crippen molar-refractivity contribution in [1.29, 1.82) is 0 Å². The first-order valence-corrected chi connectivity index (χ1v) is 9.50. The molecular weight excluding hydrogens is 403 g/mol. The number of carbonyl (C=O) groups is 1. The number of nitrogens with zero attached hydrogens (tertiary/aromatic N) is 1. The molecule has 2 aromatic carbocycles. The molecule has 0 radical (unpaired) electrons. The average molecular weight is 419 g/mol. The van der Waals surface area contributed by atoms with E-state index in [-0.39, 0.29) is 11.7 Å². The van der Waals surface area contributed by atoms with E-state index in [1.54, 1.807) is 24.3 Å². The molecule has 0 saturated carbocycles. The van der Waals surface area contributed by atoms with E-state index in [0.717, 1.165) is 33.4 Å². The summed E-state index contributed by atoms with van der Waals surface area (Å²) in [5, 5.41) is 3.41. The predicted octanol–water partition coefficient (Wildman–Crippen LogP) is 5.92. The fourth-order valence-electron chi connectivity index (χ4n) is 2.41. The first-order chi connectivity index (χ1) is 12.1. The molecule has 0 aliphatic rings. The Labute approximate surface area is 158 Å².